The van der Waals surface area contributed by atoms with Crippen molar-refractivity contribution in [3.8, 4) is 5.75 Å². The van der Waals surface area contributed by atoms with Gasteiger partial charge < -0.3 is 19.8 Å². The first kappa shape index (κ1) is 19.5. The van der Waals surface area contributed by atoms with Gasteiger partial charge in [0.25, 0.3) is 5.91 Å². The Labute approximate surface area is 150 Å². The number of carbonyl (C=O) groups is 1. The molecule has 1 amide bonds. The molecule has 0 aliphatic heterocycles. The summed E-state index contributed by atoms with van der Waals surface area (Å²) in [7, 11) is 0. The van der Waals surface area contributed by atoms with E-state index in [9.17, 15) is 4.79 Å². The Kier molecular flexibility index (Phi) is 8.16. The van der Waals surface area contributed by atoms with Crippen LogP contribution in [0.2, 0.25) is 0 Å². The summed E-state index contributed by atoms with van der Waals surface area (Å²) >= 11 is 3.37. The number of likely N-dealkylation sites (N-methyl/N-ethyl adjacent to an activating group) is 1. The van der Waals surface area contributed by atoms with Crippen molar-refractivity contribution < 1.29 is 13.9 Å². The summed E-state index contributed by atoms with van der Waals surface area (Å²) in [6, 6.07) is 9.27. The molecule has 1 heterocycles. The number of hydrogen-bond acceptors (Lipinski definition) is 4. The zero-order chi connectivity index (χ0) is 15.9. The van der Waals surface area contributed by atoms with Gasteiger partial charge in [-0.2, -0.15) is 0 Å². The van der Waals surface area contributed by atoms with Gasteiger partial charge in [0.15, 0.2) is 0 Å². The number of furan rings is 1. The highest BCUT2D eigenvalue weighted by molar-refractivity contribution is 9.10. The molecule has 0 unspecified atom stereocenters. The molecule has 0 bridgehead atoms. The lowest BCUT2D eigenvalue weighted by Gasteiger charge is -2.20. The molecule has 0 aliphatic rings. The first-order valence-corrected chi connectivity index (χ1v) is 7.88. The molecule has 0 saturated carbocycles. The molecule has 0 saturated heterocycles. The molecule has 0 spiro atoms. The Morgan fingerprint density at radius 2 is 2.04 bits per heavy atom. The van der Waals surface area contributed by atoms with Crippen molar-refractivity contribution in [3.05, 3.63) is 52.4 Å². The van der Waals surface area contributed by atoms with Crippen molar-refractivity contribution >= 4 is 34.2 Å². The molecule has 126 valence electrons. The van der Waals surface area contributed by atoms with Crippen molar-refractivity contribution in [1.82, 2.24) is 4.90 Å². The maximum atomic E-state index is 12.4. The van der Waals surface area contributed by atoms with Gasteiger partial charge in [-0.15, -0.1) is 12.4 Å². The van der Waals surface area contributed by atoms with E-state index in [1.807, 2.05) is 31.2 Å². The fourth-order valence-corrected chi connectivity index (χ4v) is 2.25. The van der Waals surface area contributed by atoms with Crippen LogP contribution in [-0.2, 0) is 6.54 Å². The number of nitrogens with two attached hydrogens (primary N) is 1. The van der Waals surface area contributed by atoms with E-state index < -0.39 is 0 Å². The third kappa shape index (κ3) is 5.57. The van der Waals surface area contributed by atoms with Crippen molar-refractivity contribution in [1.29, 1.82) is 0 Å². The highest BCUT2D eigenvalue weighted by Crippen LogP contribution is 2.16. The summed E-state index contributed by atoms with van der Waals surface area (Å²) < 4.78 is 11.9. The van der Waals surface area contributed by atoms with E-state index in [4.69, 9.17) is 14.9 Å². The Bertz CT molecular complexity index is 616. The normalized spacial score (nSPS) is 10.0. The molecule has 1 aromatic heterocycles. The topological polar surface area (TPSA) is 68.7 Å². The van der Waals surface area contributed by atoms with E-state index >= 15 is 0 Å². The third-order valence-electron chi connectivity index (χ3n) is 3.21. The second-order valence-corrected chi connectivity index (χ2v) is 5.61. The quantitative estimate of drug-likeness (QED) is 0.768. The molecule has 1 aromatic carbocycles. The van der Waals surface area contributed by atoms with E-state index in [0.29, 0.717) is 31.0 Å². The SMILES string of the molecule is CCN(CCOc1ccc(Br)cc1)C(=O)c1coc(CN)c1.Cl. The minimum atomic E-state index is -0.0784. The standard InChI is InChI=1S/C16H19BrN2O3.ClH/c1-2-19(16(20)12-9-15(10-18)22-11-12)7-8-21-14-5-3-13(17)4-6-14;/h3-6,9,11H,2,7-8,10,18H2,1H3;1H. The number of amides is 1. The fourth-order valence-electron chi connectivity index (χ4n) is 1.99. The summed E-state index contributed by atoms with van der Waals surface area (Å²) in [6.07, 6.45) is 1.45. The Hall–Kier alpha value is -1.50. The molecule has 0 aliphatic carbocycles. The van der Waals surface area contributed by atoms with Gasteiger partial charge in [0.05, 0.1) is 18.7 Å². The van der Waals surface area contributed by atoms with Gasteiger partial charge in [-0.25, -0.2) is 0 Å². The highest BCUT2D eigenvalue weighted by atomic mass is 79.9. The zero-order valence-corrected chi connectivity index (χ0v) is 15.2. The van der Waals surface area contributed by atoms with Gasteiger partial charge in [0.2, 0.25) is 0 Å². The largest absolute Gasteiger partial charge is 0.492 e. The molecule has 0 radical (unpaired) electrons. The van der Waals surface area contributed by atoms with Gasteiger partial charge in [0, 0.05) is 11.0 Å². The van der Waals surface area contributed by atoms with Crippen molar-refractivity contribution in [3.63, 3.8) is 0 Å². The number of rotatable bonds is 7. The van der Waals surface area contributed by atoms with Gasteiger partial charge in [0.1, 0.15) is 24.4 Å². The van der Waals surface area contributed by atoms with Crippen LogP contribution in [0, 0.1) is 0 Å². The fraction of sp³-hybridized carbons (Fsp3) is 0.312. The Balaban J connectivity index is 0.00000264. The van der Waals surface area contributed by atoms with Crippen LogP contribution in [0.4, 0.5) is 0 Å². The smallest absolute Gasteiger partial charge is 0.257 e. The molecule has 23 heavy (non-hydrogen) atoms. The second kappa shape index (κ2) is 9.60. The van der Waals surface area contributed by atoms with E-state index in [1.54, 1.807) is 11.0 Å². The van der Waals surface area contributed by atoms with E-state index in [-0.39, 0.29) is 24.9 Å². The van der Waals surface area contributed by atoms with Gasteiger partial charge in [-0.05, 0) is 37.3 Å². The number of nitrogens with zero attached hydrogens (tertiary/aromatic N) is 1. The van der Waals surface area contributed by atoms with Crippen LogP contribution < -0.4 is 10.5 Å². The highest BCUT2D eigenvalue weighted by Gasteiger charge is 2.16. The average Bonchev–Trinajstić information content (AvgIpc) is 3.02. The first-order chi connectivity index (χ1) is 10.6. The van der Waals surface area contributed by atoms with Crippen LogP contribution >= 0.6 is 28.3 Å². The zero-order valence-electron chi connectivity index (χ0n) is 12.8. The molecule has 0 fully saturated rings. The van der Waals surface area contributed by atoms with E-state index in [1.165, 1.54) is 6.26 Å². The minimum absolute atomic E-state index is 0. The van der Waals surface area contributed by atoms with Crippen molar-refractivity contribution in [2.45, 2.75) is 13.5 Å². The molecular weight excluding hydrogens is 384 g/mol. The number of hydrogen-bond donors (Lipinski definition) is 1. The Morgan fingerprint density at radius 1 is 1.35 bits per heavy atom. The van der Waals surface area contributed by atoms with Crippen LogP contribution in [-0.4, -0.2) is 30.5 Å². The summed E-state index contributed by atoms with van der Waals surface area (Å²) in [5.74, 6) is 1.30. The van der Waals surface area contributed by atoms with Crippen LogP contribution in [0.1, 0.15) is 23.0 Å². The van der Waals surface area contributed by atoms with Crippen molar-refractivity contribution in [2.24, 2.45) is 5.73 Å². The lowest BCUT2D eigenvalue weighted by Crippen LogP contribution is -2.34. The van der Waals surface area contributed by atoms with Gasteiger partial charge >= 0.3 is 0 Å². The lowest BCUT2D eigenvalue weighted by atomic mass is 10.2. The van der Waals surface area contributed by atoms with Gasteiger partial charge in [-0.3, -0.25) is 4.79 Å². The first-order valence-electron chi connectivity index (χ1n) is 7.09. The number of halogens is 2. The summed E-state index contributed by atoms with van der Waals surface area (Å²) in [6.45, 7) is 3.76. The molecule has 2 N–H and O–H groups in total. The van der Waals surface area contributed by atoms with Crippen LogP contribution in [0.25, 0.3) is 0 Å². The minimum Gasteiger partial charge on any atom is -0.492 e. The van der Waals surface area contributed by atoms with Crippen LogP contribution in [0.5, 0.6) is 5.75 Å². The lowest BCUT2D eigenvalue weighted by molar-refractivity contribution is 0.0739. The molecular formula is C16H20BrClN2O3. The van der Waals surface area contributed by atoms with E-state index in [2.05, 4.69) is 15.9 Å². The molecule has 0 atom stereocenters. The predicted molar refractivity (Wildman–Crippen MR) is 95.1 cm³/mol. The van der Waals surface area contributed by atoms with E-state index in [0.717, 1.165) is 10.2 Å². The maximum absolute atomic E-state index is 12.4. The molecule has 2 rings (SSSR count). The van der Waals surface area contributed by atoms with Crippen LogP contribution in [0.15, 0.2) is 45.5 Å². The maximum Gasteiger partial charge on any atom is 0.257 e. The molecule has 5 nitrogen and oxygen atoms in total. The summed E-state index contributed by atoms with van der Waals surface area (Å²) in [4.78, 5) is 14.1. The third-order valence-corrected chi connectivity index (χ3v) is 3.74. The Morgan fingerprint density at radius 3 is 2.61 bits per heavy atom. The average molecular weight is 404 g/mol. The molecule has 2 aromatic rings. The molecule has 7 heteroatoms. The van der Waals surface area contributed by atoms with Crippen molar-refractivity contribution in [2.75, 3.05) is 19.7 Å². The van der Waals surface area contributed by atoms with Gasteiger partial charge in [-0.1, -0.05) is 15.9 Å². The summed E-state index contributed by atoms with van der Waals surface area (Å²) in [5.41, 5.74) is 6.00. The number of benzene rings is 1. The predicted octanol–water partition coefficient (Wildman–Crippen LogP) is 3.46. The monoisotopic (exact) mass is 402 g/mol. The second-order valence-electron chi connectivity index (χ2n) is 4.69. The number of carbonyl (C=O) groups excluding carboxylic acids is 1. The summed E-state index contributed by atoms with van der Waals surface area (Å²) in [5, 5.41) is 0. The van der Waals surface area contributed by atoms with Crippen LogP contribution in [0.3, 0.4) is 0 Å². The number of ether oxygens (including phenoxy) is 1.